The third-order valence-corrected chi connectivity index (χ3v) is 4.25. The predicted molar refractivity (Wildman–Crippen MR) is 79.1 cm³/mol. The van der Waals surface area contributed by atoms with Crippen LogP contribution in [-0.2, 0) is 16.6 Å². The average Bonchev–Trinajstić information content (AvgIpc) is 3.14. The number of carbonyl (C=O) groups is 3. The Bertz CT molecular complexity index is 602. The number of aromatic nitrogens is 1. The van der Waals surface area contributed by atoms with Crippen molar-refractivity contribution in [2.24, 2.45) is 7.05 Å². The Hall–Kier alpha value is -2.31. The zero-order valence-corrected chi connectivity index (χ0v) is 12.6. The Kier molecular flexibility index (Phi) is 3.87. The van der Waals surface area contributed by atoms with Crippen molar-refractivity contribution in [3.63, 3.8) is 0 Å². The van der Waals surface area contributed by atoms with Gasteiger partial charge in [-0.15, -0.1) is 0 Å². The van der Waals surface area contributed by atoms with Gasteiger partial charge in [0.15, 0.2) is 0 Å². The molecule has 0 spiro atoms. The van der Waals surface area contributed by atoms with Crippen molar-refractivity contribution in [1.29, 1.82) is 0 Å². The molecule has 2 aliphatic heterocycles. The highest BCUT2D eigenvalue weighted by Gasteiger charge is 2.33. The summed E-state index contributed by atoms with van der Waals surface area (Å²) < 4.78 is 1.84. The van der Waals surface area contributed by atoms with E-state index in [1.807, 2.05) is 17.8 Å². The molecule has 0 radical (unpaired) electrons. The number of hydrogen-bond acceptors (Lipinski definition) is 3. The lowest BCUT2D eigenvalue weighted by Crippen LogP contribution is -2.54. The third kappa shape index (κ3) is 2.84. The van der Waals surface area contributed by atoms with Gasteiger partial charge < -0.3 is 19.7 Å². The smallest absolute Gasteiger partial charge is 0.255 e. The maximum absolute atomic E-state index is 12.3. The van der Waals surface area contributed by atoms with Crippen LogP contribution in [0.15, 0.2) is 18.5 Å². The fourth-order valence-corrected chi connectivity index (χ4v) is 2.96. The van der Waals surface area contributed by atoms with E-state index in [0.717, 1.165) is 0 Å². The zero-order valence-electron chi connectivity index (χ0n) is 12.6. The SMILES string of the molecule is Cn1ccc(C(=O)N2CCN(C(=O)C3CCC(=O)N3)CC2)c1. The van der Waals surface area contributed by atoms with Crippen LogP contribution in [0.2, 0.25) is 0 Å². The molecule has 1 N–H and O–H groups in total. The molecule has 2 saturated heterocycles. The van der Waals surface area contributed by atoms with Crippen molar-refractivity contribution < 1.29 is 14.4 Å². The minimum Gasteiger partial charge on any atom is -0.356 e. The fraction of sp³-hybridized carbons (Fsp3) is 0.533. The average molecular weight is 304 g/mol. The minimum absolute atomic E-state index is 0.00173. The summed E-state index contributed by atoms with van der Waals surface area (Å²) in [6.45, 7) is 2.09. The Balaban J connectivity index is 1.55. The summed E-state index contributed by atoms with van der Waals surface area (Å²) in [5, 5.41) is 2.70. The summed E-state index contributed by atoms with van der Waals surface area (Å²) in [6, 6.07) is 1.41. The Morgan fingerprint density at radius 1 is 1.18 bits per heavy atom. The molecule has 1 aromatic heterocycles. The topological polar surface area (TPSA) is 74.7 Å². The van der Waals surface area contributed by atoms with Crippen LogP contribution in [-0.4, -0.2) is 64.3 Å². The first kappa shape index (κ1) is 14.6. The quantitative estimate of drug-likeness (QED) is 0.807. The molecule has 2 fully saturated rings. The van der Waals surface area contributed by atoms with Gasteiger partial charge in [-0.1, -0.05) is 0 Å². The van der Waals surface area contributed by atoms with E-state index in [2.05, 4.69) is 5.32 Å². The van der Waals surface area contributed by atoms with E-state index < -0.39 is 0 Å². The van der Waals surface area contributed by atoms with Gasteiger partial charge in [-0.05, 0) is 12.5 Å². The van der Waals surface area contributed by atoms with Crippen molar-refractivity contribution >= 4 is 17.7 Å². The van der Waals surface area contributed by atoms with Gasteiger partial charge in [0.1, 0.15) is 6.04 Å². The second-order valence-corrected chi connectivity index (χ2v) is 5.84. The number of aryl methyl sites for hydroxylation is 1. The first-order valence-corrected chi connectivity index (χ1v) is 7.54. The Labute approximate surface area is 128 Å². The third-order valence-electron chi connectivity index (χ3n) is 4.25. The van der Waals surface area contributed by atoms with Crippen molar-refractivity contribution in [3.05, 3.63) is 24.0 Å². The molecule has 7 heteroatoms. The molecule has 1 aromatic rings. The van der Waals surface area contributed by atoms with Crippen LogP contribution in [0.1, 0.15) is 23.2 Å². The molecule has 118 valence electrons. The van der Waals surface area contributed by atoms with Gasteiger partial charge in [-0.2, -0.15) is 0 Å². The van der Waals surface area contributed by atoms with Gasteiger partial charge in [-0.25, -0.2) is 0 Å². The Morgan fingerprint density at radius 2 is 1.86 bits per heavy atom. The van der Waals surface area contributed by atoms with Crippen LogP contribution in [0.4, 0.5) is 0 Å². The summed E-state index contributed by atoms with van der Waals surface area (Å²) in [4.78, 5) is 39.4. The van der Waals surface area contributed by atoms with Crippen LogP contribution in [0.25, 0.3) is 0 Å². The molecule has 0 aliphatic carbocycles. The second-order valence-electron chi connectivity index (χ2n) is 5.84. The summed E-state index contributed by atoms with van der Waals surface area (Å²) in [5.41, 5.74) is 0.672. The highest BCUT2D eigenvalue weighted by atomic mass is 16.2. The van der Waals surface area contributed by atoms with Crippen LogP contribution >= 0.6 is 0 Å². The molecular formula is C15H20N4O3. The maximum atomic E-state index is 12.3. The van der Waals surface area contributed by atoms with Crippen molar-refractivity contribution in [2.45, 2.75) is 18.9 Å². The summed E-state index contributed by atoms with van der Waals surface area (Å²) >= 11 is 0. The molecule has 0 bridgehead atoms. The summed E-state index contributed by atoms with van der Waals surface area (Å²) in [5.74, 6) is -0.0873. The Morgan fingerprint density at radius 3 is 2.41 bits per heavy atom. The lowest BCUT2D eigenvalue weighted by Gasteiger charge is -2.35. The number of nitrogens with zero attached hydrogens (tertiary/aromatic N) is 3. The molecule has 1 unspecified atom stereocenters. The van der Waals surface area contributed by atoms with Gasteiger partial charge >= 0.3 is 0 Å². The van der Waals surface area contributed by atoms with Crippen molar-refractivity contribution in [1.82, 2.24) is 19.7 Å². The first-order chi connectivity index (χ1) is 10.5. The highest BCUT2D eigenvalue weighted by Crippen LogP contribution is 2.13. The van der Waals surface area contributed by atoms with Gasteiger partial charge in [0.05, 0.1) is 5.56 Å². The van der Waals surface area contributed by atoms with Gasteiger partial charge in [0.2, 0.25) is 11.8 Å². The van der Waals surface area contributed by atoms with Gasteiger partial charge in [-0.3, -0.25) is 14.4 Å². The number of rotatable bonds is 2. The van der Waals surface area contributed by atoms with Gasteiger partial charge in [0.25, 0.3) is 5.91 Å². The van der Waals surface area contributed by atoms with Crippen LogP contribution < -0.4 is 5.32 Å². The van der Waals surface area contributed by atoms with E-state index in [9.17, 15) is 14.4 Å². The molecule has 1 atom stereocenters. The largest absolute Gasteiger partial charge is 0.356 e. The normalized spacial score (nSPS) is 21.9. The number of carbonyl (C=O) groups excluding carboxylic acids is 3. The van der Waals surface area contributed by atoms with Crippen molar-refractivity contribution in [2.75, 3.05) is 26.2 Å². The summed E-state index contributed by atoms with van der Waals surface area (Å²) in [7, 11) is 1.88. The molecule has 0 saturated carbocycles. The minimum atomic E-state index is -0.385. The molecule has 7 nitrogen and oxygen atoms in total. The molecule has 0 aromatic carbocycles. The first-order valence-electron chi connectivity index (χ1n) is 7.54. The van der Waals surface area contributed by atoms with E-state index >= 15 is 0 Å². The standard InChI is InChI=1S/C15H20N4O3/c1-17-5-4-11(10-17)14(21)18-6-8-19(9-7-18)15(22)12-2-3-13(20)16-12/h4-5,10,12H,2-3,6-9H2,1H3,(H,16,20). The van der Waals surface area contributed by atoms with E-state index in [1.165, 1.54) is 0 Å². The lowest BCUT2D eigenvalue weighted by atomic mass is 10.1. The maximum Gasteiger partial charge on any atom is 0.255 e. The van der Waals surface area contributed by atoms with E-state index in [-0.39, 0.29) is 23.8 Å². The van der Waals surface area contributed by atoms with Crippen LogP contribution in [0, 0.1) is 0 Å². The number of amides is 3. The fourth-order valence-electron chi connectivity index (χ4n) is 2.96. The highest BCUT2D eigenvalue weighted by molar-refractivity contribution is 5.94. The molecule has 3 heterocycles. The van der Waals surface area contributed by atoms with E-state index in [4.69, 9.17) is 0 Å². The van der Waals surface area contributed by atoms with E-state index in [1.54, 1.807) is 22.1 Å². The summed E-state index contributed by atoms with van der Waals surface area (Å²) in [6.07, 6.45) is 4.63. The second kappa shape index (κ2) is 5.82. The monoisotopic (exact) mass is 304 g/mol. The zero-order chi connectivity index (χ0) is 15.7. The molecule has 3 rings (SSSR count). The molecule has 3 amide bonds. The lowest BCUT2D eigenvalue weighted by molar-refractivity contribution is -0.135. The molecule has 2 aliphatic rings. The molecule has 22 heavy (non-hydrogen) atoms. The van der Waals surface area contributed by atoms with Crippen molar-refractivity contribution in [3.8, 4) is 0 Å². The number of hydrogen-bond donors (Lipinski definition) is 1. The predicted octanol–water partition coefficient (Wildman–Crippen LogP) is -0.412. The van der Waals surface area contributed by atoms with Crippen LogP contribution in [0.5, 0.6) is 0 Å². The van der Waals surface area contributed by atoms with Gasteiger partial charge in [0, 0.05) is 52.0 Å². The molecular weight excluding hydrogens is 284 g/mol. The number of piperazine rings is 1. The number of nitrogens with one attached hydrogen (secondary N) is 1. The van der Waals surface area contributed by atoms with Crippen LogP contribution in [0.3, 0.4) is 0 Å². The van der Waals surface area contributed by atoms with E-state index in [0.29, 0.717) is 44.6 Å².